The van der Waals surface area contributed by atoms with Crippen LogP contribution in [-0.4, -0.2) is 21.6 Å². The van der Waals surface area contributed by atoms with Crippen LogP contribution in [0.1, 0.15) is 5.56 Å². The normalized spacial score (nSPS) is 17.7. The number of nitrogens with one attached hydrogen (secondary N) is 1. The van der Waals surface area contributed by atoms with E-state index in [1.165, 1.54) is 0 Å². The summed E-state index contributed by atoms with van der Waals surface area (Å²) in [6, 6.07) is 1.81. The Balaban J connectivity index is 1.98. The molecule has 0 aromatic carbocycles. The van der Waals surface area contributed by atoms with Crippen LogP contribution < -0.4 is 5.32 Å². The van der Waals surface area contributed by atoms with Gasteiger partial charge in [0, 0.05) is 18.3 Å². The second kappa shape index (κ2) is 3.64. The van der Waals surface area contributed by atoms with Gasteiger partial charge in [-0.05, 0) is 12.1 Å². The van der Waals surface area contributed by atoms with Crippen LogP contribution in [0.15, 0.2) is 42.5 Å². The molecule has 0 bridgehead atoms. The first-order chi connectivity index (χ1) is 7.84. The van der Waals surface area contributed by atoms with Crippen molar-refractivity contribution in [1.82, 2.24) is 20.4 Å². The molecule has 2 aliphatic rings. The van der Waals surface area contributed by atoms with Gasteiger partial charge in [0.25, 0.3) is 0 Å². The van der Waals surface area contributed by atoms with E-state index in [0.29, 0.717) is 5.15 Å². The highest BCUT2D eigenvalue weighted by atomic mass is 35.5. The SMILES string of the molecule is Clc1cc(C2=CNC3=CC=CCN32)cnn1. The number of allylic oxidation sites excluding steroid dienone is 2. The van der Waals surface area contributed by atoms with Gasteiger partial charge in [0.15, 0.2) is 5.15 Å². The zero-order chi connectivity index (χ0) is 11.0. The summed E-state index contributed by atoms with van der Waals surface area (Å²) in [4.78, 5) is 2.16. The molecule has 0 amide bonds. The maximum absolute atomic E-state index is 5.83. The molecule has 0 radical (unpaired) electrons. The molecule has 0 fully saturated rings. The summed E-state index contributed by atoms with van der Waals surface area (Å²) in [5, 5.41) is 11.2. The summed E-state index contributed by atoms with van der Waals surface area (Å²) in [6.45, 7) is 0.852. The largest absolute Gasteiger partial charge is 0.346 e. The van der Waals surface area contributed by atoms with Crippen LogP contribution in [0.2, 0.25) is 5.15 Å². The van der Waals surface area contributed by atoms with Crippen LogP contribution in [0, 0.1) is 0 Å². The van der Waals surface area contributed by atoms with Crippen LogP contribution in [0.5, 0.6) is 0 Å². The first-order valence-corrected chi connectivity index (χ1v) is 5.32. The number of rotatable bonds is 1. The quantitative estimate of drug-likeness (QED) is 0.801. The van der Waals surface area contributed by atoms with Crippen molar-refractivity contribution < 1.29 is 0 Å². The molecule has 4 nitrogen and oxygen atoms in total. The fourth-order valence-electron chi connectivity index (χ4n) is 1.81. The molecule has 3 heterocycles. The third-order valence-electron chi connectivity index (χ3n) is 2.54. The minimum Gasteiger partial charge on any atom is -0.346 e. The van der Waals surface area contributed by atoms with Crippen LogP contribution in [-0.2, 0) is 0 Å². The summed E-state index contributed by atoms with van der Waals surface area (Å²) in [5.41, 5.74) is 2.03. The Hall–Kier alpha value is -1.81. The standard InChI is InChI=1S/C11H9ClN4/c12-10-5-8(6-14-15-10)9-7-13-11-3-1-2-4-16(9)11/h1-3,5-7,13H,4H2. The van der Waals surface area contributed by atoms with Gasteiger partial charge < -0.3 is 10.2 Å². The molecule has 5 heteroatoms. The van der Waals surface area contributed by atoms with Crippen molar-refractivity contribution in [2.45, 2.75) is 0 Å². The monoisotopic (exact) mass is 232 g/mol. The molecule has 0 aliphatic carbocycles. The molecule has 1 aromatic rings. The molecule has 16 heavy (non-hydrogen) atoms. The van der Waals surface area contributed by atoms with Crippen LogP contribution >= 0.6 is 11.6 Å². The minimum atomic E-state index is 0.406. The van der Waals surface area contributed by atoms with Crippen LogP contribution in [0.4, 0.5) is 0 Å². The summed E-state index contributed by atoms with van der Waals surface area (Å²) < 4.78 is 0. The molecule has 2 aliphatic heterocycles. The Morgan fingerprint density at radius 2 is 2.38 bits per heavy atom. The fourth-order valence-corrected chi connectivity index (χ4v) is 1.97. The Morgan fingerprint density at radius 1 is 1.44 bits per heavy atom. The lowest BCUT2D eigenvalue weighted by Crippen LogP contribution is -2.23. The predicted octanol–water partition coefficient (Wildman–Crippen LogP) is 1.74. The number of halogens is 1. The van der Waals surface area contributed by atoms with Gasteiger partial charge in [0.1, 0.15) is 5.82 Å². The Kier molecular flexibility index (Phi) is 2.15. The average molecular weight is 233 g/mol. The van der Waals surface area contributed by atoms with Crippen molar-refractivity contribution in [2.75, 3.05) is 6.54 Å². The summed E-state index contributed by atoms with van der Waals surface area (Å²) >= 11 is 5.83. The topological polar surface area (TPSA) is 41.0 Å². The van der Waals surface area contributed by atoms with E-state index < -0.39 is 0 Å². The number of nitrogens with zero attached hydrogens (tertiary/aromatic N) is 3. The molecule has 0 atom stereocenters. The maximum atomic E-state index is 5.83. The summed E-state index contributed by atoms with van der Waals surface area (Å²) in [6.07, 6.45) is 9.82. The van der Waals surface area contributed by atoms with E-state index >= 15 is 0 Å². The molecule has 0 saturated heterocycles. The zero-order valence-corrected chi connectivity index (χ0v) is 9.15. The second-order valence-corrected chi connectivity index (χ2v) is 3.92. The molecular weight excluding hydrogens is 224 g/mol. The van der Waals surface area contributed by atoms with Crippen molar-refractivity contribution in [3.8, 4) is 0 Å². The van der Waals surface area contributed by atoms with E-state index in [-0.39, 0.29) is 0 Å². The smallest absolute Gasteiger partial charge is 0.152 e. The number of hydrogen-bond donors (Lipinski definition) is 1. The first-order valence-electron chi connectivity index (χ1n) is 4.94. The number of fused-ring (bicyclic) bond motifs is 1. The highest BCUT2D eigenvalue weighted by Gasteiger charge is 2.22. The van der Waals surface area contributed by atoms with E-state index in [0.717, 1.165) is 23.6 Å². The van der Waals surface area contributed by atoms with E-state index in [4.69, 9.17) is 11.6 Å². The third kappa shape index (κ3) is 1.47. The Bertz CT molecular complexity index is 518. The van der Waals surface area contributed by atoms with Crippen LogP contribution in [0.25, 0.3) is 5.70 Å². The zero-order valence-electron chi connectivity index (χ0n) is 8.39. The molecule has 1 N–H and O–H groups in total. The Labute approximate surface area is 97.9 Å². The van der Waals surface area contributed by atoms with Gasteiger partial charge in [-0.3, -0.25) is 0 Å². The van der Waals surface area contributed by atoms with Gasteiger partial charge in [-0.2, -0.15) is 5.10 Å². The second-order valence-electron chi connectivity index (χ2n) is 3.53. The van der Waals surface area contributed by atoms with Gasteiger partial charge >= 0.3 is 0 Å². The minimum absolute atomic E-state index is 0.406. The molecule has 0 unspecified atom stereocenters. The molecule has 1 aromatic heterocycles. The Morgan fingerprint density at radius 3 is 3.25 bits per heavy atom. The summed E-state index contributed by atoms with van der Waals surface area (Å²) in [7, 11) is 0. The fraction of sp³-hybridized carbons (Fsp3) is 0.0909. The van der Waals surface area contributed by atoms with Crippen molar-refractivity contribution >= 4 is 17.3 Å². The lowest BCUT2D eigenvalue weighted by atomic mass is 10.2. The van der Waals surface area contributed by atoms with Gasteiger partial charge in [-0.1, -0.05) is 23.8 Å². The molecule has 0 spiro atoms. The third-order valence-corrected chi connectivity index (χ3v) is 2.72. The lowest BCUT2D eigenvalue weighted by molar-refractivity contribution is 0.533. The van der Waals surface area contributed by atoms with Crippen molar-refractivity contribution in [3.05, 3.63) is 53.2 Å². The van der Waals surface area contributed by atoms with Gasteiger partial charge in [-0.15, -0.1) is 5.10 Å². The predicted molar refractivity (Wildman–Crippen MR) is 62.1 cm³/mol. The average Bonchev–Trinajstić information content (AvgIpc) is 2.72. The van der Waals surface area contributed by atoms with E-state index in [1.807, 2.05) is 24.4 Å². The van der Waals surface area contributed by atoms with Crippen LogP contribution in [0.3, 0.4) is 0 Å². The van der Waals surface area contributed by atoms with Gasteiger partial charge in [0.2, 0.25) is 0 Å². The van der Waals surface area contributed by atoms with Crippen molar-refractivity contribution in [2.24, 2.45) is 0 Å². The summed E-state index contributed by atoms with van der Waals surface area (Å²) in [5.74, 6) is 1.07. The van der Waals surface area contributed by atoms with Gasteiger partial charge in [-0.25, -0.2) is 0 Å². The lowest BCUT2D eigenvalue weighted by Gasteiger charge is -2.23. The van der Waals surface area contributed by atoms with E-state index in [9.17, 15) is 0 Å². The first kappa shape index (κ1) is 9.42. The molecular formula is C11H9ClN4. The molecule has 0 saturated carbocycles. The maximum Gasteiger partial charge on any atom is 0.152 e. The van der Waals surface area contributed by atoms with Crippen molar-refractivity contribution in [1.29, 1.82) is 0 Å². The number of hydrogen-bond acceptors (Lipinski definition) is 4. The van der Waals surface area contributed by atoms with E-state index in [1.54, 1.807) is 6.20 Å². The highest BCUT2D eigenvalue weighted by molar-refractivity contribution is 6.29. The molecule has 3 rings (SSSR count). The highest BCUT2D eigenvalue weighted by Crippen LogP contribution is 2.28. The van der Waals surface area contributed by atoms with E-state index in [2.05, 4.69) is 26.5 Å². The van der Waals surface area contributed by atoms with Crippen molar-refractivity contribution in [3.63, 3.8) is 0 Å². The van der Waals surface area contributed by atoms with Gasteiger partial charge in [0.05, 0.1) is 11.9 Å². The molecule has 80 valence electrons. The number of aromatic nitrogens is 2.